The Kier molecular flexibility index (Phi) is 3.21. The summed E-state index contributed by atoms with van der Waals surface area (Å²) in [5, 5.41) is 11.3. The highest BCUT2D eigenvalue weighted by molar-refractivity contribution is 7.07. The van der Waals surface area contributed by atoms with E-state index in [1.54, 1.807) is 11.3 Å². The van der Waals surface area contributed by atoms with E-state index in [2.05, 4.69) is 9.88 Å². The fourth-order valence-electron chi connectivity index (χ4n) is 2.56. The van der Waals surface area contributed by atoms with Crippen molar-refractivity contribution < 1.29 is 9.90 Å². The van der Waals surface area contributed by atoms with Gasteiger partial charge in [-0.3, -0.25) is 4.79 Å². The van der Waals surface area contributed by atoms with Gasteiger partial charge in [-0.05, 0) is 18.1 Å². The fourth-order valence-corrected chi connectivity index (χ4v) is 3.11. The largest absolute Gasteiger partial charge is 0.481 e. The van der Waals surface area contributed by atoms with Gasteiger partial charge in [0, 0.05) is 17.6 Å². The number of carboxylic acid groups (broad SMARTS) is 1. The first-order valence-electron chi connectivity index (χ1n) is 6.19. The second kappa shape index (κ2) is 5.01. The average Bonchev–Trinajstić information content (AvgIpc) is 2.91. The maximum absolute atomic E-state index is 11.3. The van der Waals surface area contributed by atoms with Crippen molar-refractivity contribution in [1.29, 1.82) is 0 Å². The highest BCUT2D eigenvalue weighted by Crippen LogP contribution is 2.35. The van der Waals surface area contributed by atoms with E-state index in [-0.39, 0.29) is 5.92 Å². The highest BCUT2D eigenvalue weighted by atomic mass is 32.1. The molecule has 0 radical (unpaired) electrons. The van der Waals surface area contributed by atoms with E-state index in [9.17, 15) is 9.90 Å². The van der Waals surface area contributed by atoms with Crippen molar-refractivity contribution in [3.63, 3.8) is 0 Å². The molecule has 0 saturated carbocycles. The number of para-hydroxylation sites is 1. The van der Waals surface area contributed by atoms with Crippen molar-refractivity contribution >= 4 is 23.0 Å². The van der Waals surface area contributed by atoms with E-state index in [0.717, 1.165) is 30.0 Å². The van der Waals surface area contributed by atoms with Crippen LogP contribution in [-0.2, 0) is 11.3 Å². The summed E-state index contributed by atoms with van der Waals surface area (Å²) >= 11 is 1.58. The molecule has 1 N–H and O–H groups in total. The zero-order valence-corrected chi connectivity index (χ0v) is 11.1. The lowest BCUT2D eigenvalue weighted by Crippen LogP contribution is -2.33. The maximum Gasteiger partial charge on any atom is 0.311 e. The molecule has 1 aromatic heterocycles. The normalized spacial score (nSPS) is 18.1. The Hall–Kier alpha value is -1.88. The van der Waals surface area contributed by atoms with Crippen LogP contribution in [0, 0.1) is 0 Å². The number of hydrogen-bond acceptors (Lipinski definition) is 4. The van der Waals surface area contributed by atoms with E-state index in [1.165, 1.54) is 0 Å². The van der Waals surface area contributed by atoms with Crippen LogP contribution in [-0.4, -0.2) is 22.6 Å². The predicted octanol–water partition coefficient (Wildman–Crippen LogP) is 2.72. The molecule has 2 aromatic rings. The van der Waals surface area contributed by atoms with Crippen LogP contribution >= 0.6 is 11.3 Å². The predicted molar refractivity (Wildman–Crippen MR) is 74.6 cm³/mol. The highest BCUT2D eigenvalue weighted by Gasteiger charge is 2.29. The van der Waals surface area contributed by atoms with Gasteiger partial charge in [-0.15, -0.1) is 11.3 Å². The third-order valence-corrected chi connectivity index (χ3v) is 4.11. The molecule has 98 valence electrons. The van der Waals surface area contributed by atoms with Crippen LogP contribution in [0.1, 0.15) is 23.6 Å². The minimum Gasteiger partial charge on any atom is -0.481 e. The molecule has 0 spiro atoms. The minimum absolute atomic E-state index is 0.386. The van der Waals surface area contributed by atoms with Gasteiger partial charge in [0.2, 0.25) is 0 Å². The van der Waals surface area contributed by atoms with Gasteiger partial charge in [0.1, 0.15) is 0 Å². The molecule has 1 aliphatic rings. The number of aromatic nitrogens is 1. The molecule has 1 atom stereocenters. The molecular weight excluding hydrogens is 260 g/mol. The summed E-state index contributed by atoms with van der Waals surface area (Å²) in [7, 11) is 0. The van der Waals surface area contributed by atoms with E-state index < -0.39 is 5.97 Å². The van der Waals surface area contributed by atoms with Crippen LogP contribution < -0.4 is 4.90 Å². The van der Waals surface area contributed by atoms with E-state index in [1.807, 2.05) is 35.2 Å². The molecule has 3 rings (SSSR count). The molecule has 0 fully saturated rings. The van der Waals surface area contributed by atoms with Gasteiger partial charge in [0.25, 0.3) is 0 Å². The molecule has 1 aliphatic heterocycles. The molecule has 19 heavy (non-hydrogen) atoms. The van der Waals surface area contributed by atoms with Crippen molar-refractivity contribution in [1.82, 2.24) is 4.98 Å². The van der Waals surface area contributed by atoms with Gasteiger partial charge < -0.3 is 10.0 Å². The van der Waals surface area contributed by atoms with Crippen LogP contribution in [0.4, 0.5) is 5.69 Å². The molecule has 2 heterocycles. The SMILES string of the molecule is O=C(O)C1CCN(Cc2cscn2)c2ccccc21. The molecule has 0 bridgehead atoms. The molecule has 4 nitrogen and oxygen atoms in total. The van der Waals surface area contributed by atoms with Crippen molar-refractivity contribution in [2.75, 3.05) is 11.4 Å². The Morgan fingerprint density at radius 2 is 2.32 bits per heavy atom. The second-order valence-electron chi connectivity index (χ2n) is 4.64. The number of anilines is 1. The summed E-state index contributed by atoms with van der Waals surface area (Å²) in [5.41, 5.74) is 4.80. The lowest BCUT2D eigenvalue weighted by Gasteiger charge is -2.33. The first-order valence-corrected chi connectivity index (χ1v) is 7.13. The monoisotopic (exact) mass is 274 g/mol. The van der Waals surface area contributed by atoms with Gasteiger partial charge in [0.05, 0.1) is 23.7 Å². The summed E-state index contributed by atoms with van der Waals surface area (Å²) in [4.78, 5) is 17.8. The van der Waals surface area contributed by atoms with Crippen molar-refractivity contribution in [3.8, 4) is 0 Å². The van der Waals surface area contributed by atoms with Crippen LogP contribution in [0.25, 0.3) is 0 Å². The number of carbonyl (C=O) groups is 1. The van der Waals surface area contributed by atoms with Gasteiger partial charge in [-0.2, -0.15) is 0 Å². The maximum atomic E-state index is 11.3. The van der Waals surface area contributed by atoms with Crippen LogP contribution in [0.5, 0.6) is 0 Å². The topological polar surface area (TPSA) is 53.4 Å². The van der Waals surface area contributed by atoms with Gasteiger partial charge in [0.15, 0.2) is 0 Å². The third-order valence-electron chi connectivity index (χ3n) is 3.47. The van der Waals surface area contributed by atoms with E-state index in [0.29, 0.717) is 6.42 Å². The fraction of sp³-hybridized carbons (Fsp3) is 0.286. The van der Waals surface area contributed by atoms with Gasteiger partial charge in [-0.1, -0.05) is 18.2 Å². The van der Waals surface area contributed by atoms with Crippen molar-refractivity contribution in [2.45, 2.75) is 18.9 Å². The summed E-state index contributed by atoms with van der Waals surface area (Å²) in [6, 6.07) is 7.77. The van der Waals surface area contributed by atoms with Crippen LogP contribution in [0.3, 0.4) is 0 Å². The number of benzene rings is 1. The van der Waals surface area contributed by atoms with Gasteiger partial charge in [-0.25, -0.2) is 4.98 Å². The average molecular weight is 274 g/mol. The van der Waals surface area contributed by atoms with Crippen molar-refractivity contribution in [2.24, 2.45) is 0 Å². The summed E-state index contributed by atoms with van der Waals surface area (Å²) < 4.78 is 0. The number of rotatable bonds is 3. The second-order valence-corrected chi connectivity index (χ2v) is 5.36. The minimum atomic E-state index is -0.735. The Labute approximate surface area is 115 Å². The smallest absolute Gasteiger partial charge is 0.311 e. The zero-order chi connectivity index (χ0) is 13.2. The standard InChI is InChI=1S/C14H14N2O2S/c17-14(18)12-5-6-16(7-10-8-19-9-15-10)13-4-2-1-3-11(12)13/h1-4,8-9,12H,5-7H2,(H,17,18). The molecule has 5 heteroatoms. The Balaban J connectivity index is 1.92. The Morgan fingerprint density at radius 3 is 3.05 bits per heavy atom. The number of nitrogens with zero attached hydrogens (tertiary/aromatic N) is 2. The summed E-state index contributed by atoms with van der Waals surface area (Å²) in [6.07, 6.45) is 0.649. The molecule has 0 amide bonds. The summed E-state index contributed by atoms with van der Waals surface area (Å²) in [6.45, 7) is 1.50. The first kappa shape index (κ1) is 12.2. The lowest BCUT2D eigenvalue weighted by molar-refractivity contribution is -0.139. The van der Waals surface area contributed by atoms with Gasteiger partial charge >= 0.3 is 5.97 Å². The number of hydrogen-bond donors (Lipinski definition) is 1. The first-order chi connectivity index (χ1) is 9.25. The number of thiazole rings is 1. The zero-order valence-electron chi connectivity index (χ0n) is 10.3. The van der Waals surface area contributed by atoms with E-state index >= 15 is 0 Å². The molecule has 0 saturated heterocycles. The summed E-state index contributed by atoms with van der Waals surface area (Å²) in [5.74, 6) is -1.12. The third kappa shape index (κ3) is 2.33. The lowest BCUT2D eigenvalue weighted by atomic mass is 9.90. The Morgan fingerprint density at radius 1 is 1.47 bits per heavy atom. The quantitative estimate of drug-likeness (QED) is 0.935. The van der Waals surface area contributed by atoms with E-state index in [4.69, 9.17) is 0 Å². The molecule has 0 aliphatic carbocycles. The number of carboxylic acids is 1. The number of aliphatic carboxylic acids is 1. The Bertz CT molecular complexity index is 583. The molecular formula is C14H14N2O2S. The van der Waals surface area contributed by atoms with Crippen molar-refractivity contribution in [3.05, 3.63) is 46.4 Å². The van der Waals surface area contributed by atoms with Crippen LogP contribution in [0.15, 0.2) is 35.2 Å². The molecule has 1 aromatic carbocycles. The number of fused-ring (bicyclic) bond motifs is 1. The molecule has 1 unspecified atom stereocenters. The van der Waals surface area contributed by atoms with Crippen LogP contribution in [0.2, 0.25) is 0 Å².